The van der Waals surface area contributed by atoms with E-state index in [9.17, 15) is 0 Å². The van der Waals surface area contributed by atoms with Crippen molar-refractivity contribution in [3.05, 3.63) is 0 Å². The number of rotatable bonds is 4. The SMILES string of the molecule is CCN(/C=N/C)C(C)CC(C)(C)C. The summed E-state index contributed by atoms with van der Waals surface area (Å²) in [7, 11) is 1.83. The Hall–Kier alpha value is -0.530. The predicted octanol–water partition coefficient (Wildman–Crippen LogP) is 2.79. The smallest absolute Gasteiger partial charge is 0.0848 e. The van der Waals surface area contributed by atoms with Gasteiger partial charge < -0.3 is 4.90 Å². The van der Waals surface area contributed by atoms with E-state index in [1.807, 2.05) is 13.4 Å². The molecule has 13 heavy (non-hydrogen) atoms. The summed E-state index contributed by atoms with van der Waals surface area (Å²) < 4.78 is 0. The molecule has 0 saturated carbocycles. The van der Waals surface area contributed by atoms with Crippen molar-refractivity contribution in [3.8, 4) is 0 Å². The molecule has 0 spiro atoms. The monoisotopic (exact) mass is 184 g/mol. The summed E-state index contributed by atoms with van der Waals surface area (Å²) in [5.41, 5.74) is 0.397. The standard InChI is InChI=1S/C11H24N2/c1-7-13(9-12-6)10(2)8-11(3,4)5/h9-10H,7-8H2,1-6H3/b12-9+. The van der Waals surface area contributed by atoms with Crippen LogP contribution in [-0.4, -0.2) is 30.9 Å². The molecule has 0 fully saturated rings. The quantitative estimate of drug-likeness (QED) is 0.484. The van der Waals surface area contributed by atoms with E-state index < -0.39 is 0 Å². The van der Waals surface area contributed by atoms with Crippen LogP contribution in [0.3, 0.4) is 0 Å². The normalized spacial score (nSPS) is 14.9. The molecule has 0 aromatic heterocycles. The highest BCUT2D eigenvalue weighted by Crippen LogP contribution is 2.22. The van der Waals surface area contributed by atoms with Crippen molar-refractivity contribution in [1.82, 2.24) is 4.90 Å². The zero-order chi connectivity index (χ0) is 10.5. The Morgan fingerprint density at radius 3 is 2.23 bits per heavy atom. The van der Waals surface area contributed by atoms with E-state index in [0.717, 1.165) is 6.54 Å². The van der Waals surface area contributed by atoms with Crippen LogP contribution in [0, 0.1) is 5.41 Å². The summed E-state index contributed by atoms with van der Waals surface area (Å²) in [6.07, 6.45) is 3.14. The van der Waals surface area contributed by atoms with Gasteiger partial charge in [0.25, 0.3) is 0 Å². The van der Waals surface area contributed by atoms with Crippen LogP contribution in [0.5, 0.6) is 0 Å². The molecule has 0 aliphatic carbocycles. The van der Waals surface area contributed by atoms with Crippen LogP contribution >= 0.6 is 0 Å². The summed E-state index contributed by atoms with van der Waals surface area (Å²) in [4.78, 5) is 6.34. The fraction of sp³-hybridized carbons (Fsp3) is 0.909. The van der Waals surface area contributed by atoms with Gasteiger partial charge in [0.2, 0.25) is 0 Å². The highest BCUT2D eigenvalue weighted by atomic mass is 15.2. The van der Waals surface area contributed by atoms with Crippen LogP contribution in [0.1, 0.15) is 41.0 Å². The molecule has 0 aliphatic heterocycles. The van der Waals surface area contributed by atoms with Crippen molar-refractivity contribution < 1.29 is 0 Å². The van der Waals surface area contributed by atoms with Crippen LogP contribution in [0.4, 0.5) is 0 Å². The van der Waals surface area contributed by atoms with Crippen molar-refractivity contribution in [2.45, 2.75) is 47.1 Å². The zero-order valence-electron chi connectivity index (χ0n) is 9.96. The van der Waals surface area contributed by atoms with E-state index in [0.29, 0.717) is 11.5 Å². The Morgan fingerprint density at radius 2 is 1.92 bits per heavy atom. The molecule has 0 aromatic carbocycles. The molecular weight excluding hydrogens is 160 g/mol. The molecule has 0 bridgehead atoms. The number of aliphatic imine (C=N–C) groups is 1. The second kappa shape index (κ2) is 5.25. The van der Waals surface area contributed by atoms with Crippen molar-refractivity contribution in [3.63, 3.8) is 0 Å². The summed E-state index contributed by atoms with van der Waals surface area (Å²) in [5, 5.41) is 0. The van der Waals surface area contributed by atoms with E-state index in [2.05, 4.69) is 44.5 Å². The Balaban J connectivity index is 4.13. The van der Waals surface area contributed by atoms with Gasteiger partial charge in [-0.05, 0) is 25.7 Å². The van der Waals surface area contributed by atoms with Gasteiger partial charge in [-0.2, -0.15) is 0 Å². The summed E-state index contributed by atoms with van der Waals surface area (Å²) in [6, 6.07) is 0.578. The van der Waals surface area contributed by atoms with Gasteiger partial charge in [0.15, 0.2) is 0 Å². The molecule has 1 unspecified atom stereocenters. The van der Waals surface area contributed by atoms with E-state index >= 15 is 0 Å². The second-order valence-corrected chi connectivity index (χ2v) is 4.82. The first-order valence-corrected chi connectivity index (χ1v) is 5.08. The molecule has 0 N–H and O–H groups in total. The topological polar surface area (TPSA) is 15.6 Å². The fourth-order valence-electron chi connectivity index (χ4n) is 1.66. The predicted molar refractivity (Wildman–Crippen MR) is 60.3 cm³/mol. The zero-order valence-corrected chi connectivity index (χ0v) is 9.96. The number of nitrogens with zero attached hydrogens (tertiary/aromatic N) is 2. The Morgan fingerprint density at radius 1 is 1.38 bits per heavy atom. The molecule has 0 rings (SSSR count). The average Bonchev–Trinajstić information content (AvgIpc) is 1.96. The van der Waals surface area contributed by atoms with Gasteiger partial charge in [-0.25, -0.2) is 0 Å². The average molecular weight is 184 g/mol. The first kappa shape index (κ1) is 12.5. The van der Waals surface area contributed by atoms with Crippen LogP contribution in [-0.2, 0) is 0 Å². The van der Waals surface area contributed by atoms with Crippen LogP contribution in [0.25, 0.3) is 0 Å². The molecular formula is C11H24N2. The fourth-order valence-corrected chi connectivity index (χ4v) is 1.66. The van der Waals surface area contributed by atoms with Crippen molar-refractivity contribution >= 4 is 6.34 Å². The van der Waals surface area contributed by atoms with E-state index in [4.69, 9.17) is 0 Å². The lowest BCUT2D eigenvalue weighted by Gasteiger charge is -2.31. The highest BCUT2D eigenvalue weighted by Gasteiger charge is 2.17. The van der Waals surface area contributed by atoms with Gasteiger partial charge in [-0.3, -0.25) is 4.99 Å². The lowest BCUT2D eigenvalue weighted by Crippen LogP contribution is -2.34. The summed E-state index contributed by atoms with van der Waals surface area (Å²) in [6.45, 7) is 12.3. The minimum Gasteiger partial charge on any atom is -0.361 e. The molecule has 0 aliphatic rings. The van der Waals surface area contributed by atoms with Gasteiger partial charge in [0.05, 0.1) is 6.34 Å². The maximum Gasteiger partial charge on any atom is 0.0848 e. The van der Waals surface area contributed by atoms with Crippen molar-refractivity contribution in [2.24, 2.45) is 10.4 Å². The Labute approximate surface area is 83.0 Å². The Bertz CT molecular complexity index is 156. The third-order valence-electron chi connectivity index (χ3n) is 2.10. The van der Waals surface area contributed by atoms with E-state index in [1.165, 1.54) is 6.42 Å². The summed E-state index contributed by atoms with van der Waals surface area (Å²) >= 11 is 0. The molecule has 1 atom stereocenters. The Kier molecular flexibility index (Phi) is 5.04. The molecule has 0 amide bonds. The van der Waals surface area contributed by atoms with Gasteiger partial charge in [0.1, 0.15) is 0 Å². The van der Waals surface area contributed by atoms with Gasteiger partial charge in [-0.15, -0.1) is 0 Å². The van der Waals surface area contributed by atoms with Gasteiger partial charge in [-0.1, -0.05) is 20.8 Å². The molecule has 2 nitrogen and oxygen atoms in total. The number of hydrogen-bond acceptors (Lipinski definition) is 1. The highest BCUT2D eigenvalue weighted by molar-refractivity contribution is 5.54. The van der Waals surface area contributed by atoms with Crippen LogP contribution in [0.15, 0.2) is 4.99 Å². The minimum absolute atomic E-state index is 0.397. The maximum absolute atomic E-state index is 4.06. The molecule has 0 radical (unpaired) electrons. The maximum atomic E-state index is 4.06. The first-order chi connectivity index (χ1) is 5.90. The molecule has 0 aromatic rings. The van der Waals surface area contributed by atoms with Crippen LogP contribution in [0.2, 0.25) is 0 Å². The first-order valence-electron chi connectivity index (χ1n) is 5.08. The molecule has 0 heterocycles. The van der Waals surface area contributed by atoms with Gasteiger partial charge >= 0.3 is 0 Å². The van der Waals surface area contributed by atoms with E-state index in [-0.39, 0.29) is 0 Å². The van der Waals surface area contributed by atoms with Gasteiger partial charge in [0, 0.05) is 19.6 Å². The van der Waals surface area contributed by atoms with Crippen LogP contribution < -0.4 is 0 Å². The number of hydrogen-bond donors (Lipinski definition) is 0. The lowest BCUT2D eigenvalue weighted by molar-refractivity contribution is 0.247. The molecule has 0 saturated heterocycles. The van der Waals surface area contributed by atoms with Crippen molar-refractivity contribution in [2.75, 3.05) is 13.6 Å². The lowest BCUT2D eigenvalue weighted by atomic mass is 9.88. The van der Waals surface area contributed by atoms with E-state index in [1.54, 1.807) is 0 Å². The third kappa shape index (κ3) is 5.67. The molecule has 2 heteroatoms. The molecule has 78 valence electrons. The minimum atomic E-state index is 0.397. The largest absolute Gasteiger partial charge is 0.361 e. The second-order valence-electron chi connectivity index (χ2n) is 4.82. The van der Waals surface area contributed by atoms with Crippen molar-refractivity contribution in [1.29, 1.82) is 0 Å². The third-order valence-corrected chi connectivity index (χ3v) is 2.10. The summed E-state index contributed by atoms with van der Waals surface area (Å²) in [5.74, 6) is 0.